The Morgan fingerprint density at radius 3 is 2.58 bits per heavy atom. The smallest absolute Gasteiger partial charge is 0.329 e. The Balaban J connectivity index is 1.32. The molecule has 0 bridgehead atoms. The molecular weight excluding hydrogens is 466 g/mol. The molecule has 184 valence electrons. The molecule has 1 unspecified atom stereocenters. The van der Waals surface area contributed by atoms with Crippen molar-refractivity contribution < 1.29 is 13.6 Å². The van der Waals surface area contributed by atoms with Crippen LogP contribution in [0.15, 0.2) is 76.3 Å². The summed E-state index contributed by atoms with van der Waals surface area (Å²) in [5.74, 6) is -1.80. The molecule has 9 heteroatoms. The van der Waals surface area contributed by atoms with E-state index in [-0.39, 0.29) is 29.1 Å². The molecule has 7 nitrogen and oxygen atoms in total. The Bertz CT molecular complexity index is 1550. The molecule has 36 heavy (non-hydrogen) atoms. The lowest BCUT2D eigenvalue weighted by Crippen LogP contribution is -2.37. The highest BCUT2D eigenvalue weighted by molar-refractivity contribution is 5.95. The molecule has 0 saturated carbocycles. The number of hydrogen-bond acceptors (Lipinski definition) is 4. The molecule has 1 aliphatic heterocycles. The highest BCUT2D eigenvalue weighted by Gasteiger charge is 2.25. The summed E-state index contributed by atoms with van der Waals surface area (Å²) in [7, 11) is 0. The molecule has 1 aliphatic rings. The minimum absolute atomic E-state index is 0.0240. The van der Waals surface area contributed by atoms with Crippen LogP contribution >= 0.6 is 0 Å². The molecule has 2 N–H and O–H groups in total. The SMILES string of the molecule is O=C(NC1CCN(Cc2ccccc2)C1)c1cc(Cn2c(=O)[nH]c(=O)c3cc(F)ccc32)ccc1F. The van der Waals surface area contributed by atoms with Crippen LogP contribution in [0.1, 0.15) is 27.9 Å². The lowest BCUT2D eigenvalue weighted by atomic mass is 10.1. The molecule has 0 radical (unpaired) electrons. The van der Waals surface area contributed by atoms with Crippen molar-refractivity contribution in [2.45, 2.75) is 25.6 Å². The van der Waals surface area contributed by atoms with Gasteiger partial charge in [-0.1, -0.05) is 36.4 Å². The number of halogens is 2. The Kier molecular flexibility index (Phi) is 6.47. The maximum absolute atomic E-state index is 14.6. The minimum atomic E-state index is -0.692. The van der Waals surface area contributed by atoms with Crippen LogP contribution in [0.4, 0.5) is 8.78 Å². The van der Waals surface area contributed by atoms with Crippen molar-refractivity contribution in [1.82, 2.24) is 19.8 Å². The maximum atomic E-state index is 14.6. The van der Waals surface area contributed by atoms with Gasteiger partial charge in [0.25, 0.3) is 11.5 Å². The average Bonchev–Trinajstić information content (AvgIpc) is 3.30. The van der Waals surface area contributed by atoms with Crippen LogP contribution in [0.25, 0.3) is 10.9 Å². The Morgan fingerprint density at radius 1 is 0.972 bits per heavy atom. The summed E-state index contributed by atoms with van der Waals surface area (Å²) in [6.07, 6.45) is 0.759. The zero-order valence-corrected chi connectivity index (χ0v) is 19.3. The number of carbonyl (C=O) groups excluding carboxylic acids is 1. The molecule has 1 saturated heterocycles. The van der Waals surface area contributed by atoms with E-state index in [4.69, 9.17) is 0 Å². The largest absolute Gasteiger partial charge is 0.348 e. The first-order valence-electron chi connectivity index (χ1n) is 11.7. The van der Waals surface area contributed by atoms with Crippen LogP contribution < -0.4 is 16.6 Å². The van der Waals surface area contributed by atoms with E-state index in [1.54, 1.807) is 0 Å². The van der Waals surface area contributed by atoms with Crippen LogP contribution in [0.5, 0.6) is 0 Å². The van der Waals surface area contributed by atoms with Gasteiger partial charge < -0.3 is 5.32 Å². The van der Waals surface area contributed by atoms with Crippen molar-refractivity contribution in [3.8, 4) is 0 Å². The fourth-order valence-electron chi connectivity index (χ4n) is 4.65. The summed E-state index contributed by atoms with van der Waals surface area (Å²) in [4.78, 5) is 41.9. The lowest BCUT2D eigenvalue weighted by Gasteiger charge is -2.17. The van der Waals surface area contributed by atoms with Gasteiger partial charge in [0.1, 0.15) is 11.6 Å². The Morgan fingerprint density at radius 2 is 1.78 bits per heavy atom. The highest BCUT2D eigenvalue weighted by atomic mass is 19.1. The van der Waals surface area contributed by atoms with E-state index in [2.05, 4.69) is 27.3 Å². The summed E-state index contributed by atoms with van der Waals surface area (Å²) < 4.78 is 29.5. The number of rotatable bonds is 6. The maximum Gasteiger partial charge on any atom is 0.329 e. The molecule has 0 aliphatic carbocycles. The number of fused-ring (bicyclic) bond motifs is 1. The number of H-pyrrole nitrogens is 1. The fourth-order valence-corrected chi connectivity index (χ4v) is 4.65. The van der Waals surface area contributed by atoms with E-state index in [0.717, 1.165) is 31.6 Å². The monoisotopic (exact) mass is 490 g/mol. The number of nitrogens with zero attached hydrogens (tertiary/aromatic N) is 2. The van der Waals surface area contributed by atoms with Crippen LogP contribution in [0.3, 0.4) is 0 Å². The number of nitrogens with one attached hydrogen (secondary N) is 2. The summed E-state index contributed by atoms with van der Waals surface area (Å²) in [5, 5.41) is 2.94. The highest BCUT2D eigenvalue weighted by Crippen LogP contribution is 2.17. The fraction of sp³-hybridized carbons (Fsp3) is 0.222. The zero-order chi connectivity index (χ0) is 25.2. The van der Waals surface area contributed by atoms with E-state index < -0.39 is 28.8 Å². The molecule has 5 rings (SSSR count). The van der Waals surface area contributed by atoms with E-state index in [1.165, 1.54) is 34.4 Å². The quantitative estimate of drug-likeness (QED) is 0.435. The third kappa shape index (κ3) is 4.96. The Hall–Kier alpha value is -4.11. The van der Waals surface area contributed by atoms with Gasteiger partial charge in [-0.25, -0.2) is 13.6 Å². The second kappa shape index (κ2) is 9.87. The molecule has 1 amide bonds. The van der Waals surface area contributed by atoms with Gasteiger partial charge in [0.05, 0.1) is 23.0 Å². The van der Waals surface area contributed by atoms with Crippen molar-refractivity contribution in [2.24, 2.45) is 0 Å². The molecular formula is C27H24F2N4O3. The number of benzene rings is 3. The molecule has 0 spiro atoms. The summed E-state index contributed by atoms with van der Waals surface area (Å²) in [6, 6.07) is 17.6. The van der Waals surface area contributed by atoms with Gasteiger partial charge in [0.2, 0.25) is 0 Å². The van der Waals surface area contributed by atoms with Gasteiger partial charge in [-0.15, -0.1) is 0 Å². The van der Waals surface area contributed by atoms with Gasteiger partial charge >= 0.3 is 5.69 Å². The van der Waals surface area contributed by atoms with Crippen LogP contribution in [-0.2, 0) is 13.1 Å². The van der Waals surface area contributed by atoms with Crippen molar-refractivity contribution in [1.29, 1.82) is 0 Å². The van der Waals surface area contributed by atoms with Crippen LogP contribution in [0.2, 0.25) is 0 Å². The van der Waals surface area contributed by atoms with E-state index in [0.29, 0.717) is 12.1 Å². The molecule has 1 aromatic heterocycles. The number of carbonyl (C=O) groups is 1. The number of amides is 1. The first kappa shape index (κ1) is 23.6. The average molecular weight is 491 g/mol. The minimum Gasteiger partial charge on any atom is -0.348 e. The molecule has 3 aromatic carbocycles. The van der Waals surface area contributed by atoms with Crippen molar-refractivity contribution in [3.05, 3.63) is 116 Å². The summed E-state index contributed by atoms with van der Waals surface area (Å²) in [5.41, 5.74) is 0.419. The molecule has 1 fully saturated rings. The first-order valence-corrected chi connectivity index (χ1v) is 11.7. The topological polar surface area (TPSA) is 87.2 Å². The van der Waals surface area contributed by atoms with E-state index in [9.17, 15) is 23.2 Å². The number of aromatic nitrogens is 2. The van der Waals surface area contributed by atoms with Gasteiger partial charge in [-0.05, 0) is 47.9 Å². The van der Waals surface area contributed by atoms with Gasteiger partial charge in [-0.2, -0.15) is 0 Å². The summed E-state index contributed by atoms with van der Waals surface area (Å²) >= 11 is 0. The second-order valence-electron chi connectivity index (χ2n) is 9.00. The predicted molar refractivity (Wildman–Crippen MR) is 132 cm³/mol. The van der Waals surface area contributed by atoms with Crippen LogP contribution in [-0.4, -0.2) is 39.5 Å². The van der Waals surface area contributed by atoms with Crippen molar-refractivity contribution >= 4 is 16.8 Å². The van der Waals surface area contributed by atoms with Crippen molar-refractivity contribution in [3.63, 3.8) is 0 Å². The van der Waals surface area contributed by atoms with Crippen LogP contribution in [0, 0.1) is 11.6 Å². The number of hydrogen-bond donors (Lipinski definition) is 2. The van der Waals surface area contributed by atoms with Gasteiger partial charge in [0.15, 0.2) is 0 Å². The molecule has 1 atom stereocenters. The number of aromatic amines is 1. The number of likely N-dealkylation sites (tertiary alicyclic amines) is 1. The standard InChI is InChI=1S/C27H24F2N4O3/c28-19-7-9-24-22(13-19)26(35)31-27(36)33(24)15-18-6-8-23(29)21(12-18)25(34)30-20-10-11-32(16-20)14-17-4-2-1-3-5-17/h1-9,12-13,20H,10-11,14-16H2,(H,30,34)(H,31,35,36). The van der Waals surface area contributed by atoms with Gasteiger partial charge in [-0.3, -0.25) is 24.0 Å². The zero-order valence-electron chi connectivity index (χ0n) is 19.3. The molecule has 2 heterocycles. The van der Waals surface area contributed by atoms with E-state index in [1.807, 2.05) is 18.2 Å². The third-order valence-electron chi connectivity index (χ3n) is 6.43. The second-order valence-corrected chi connectivity index (χ2v) is 9.00. The first-order chi connectivity index (χ1) is 17.4. The lowest BCUT2D eigenvalue weighted by molar-refractivity contribution is 0.0933. The van der Waals surface area contributed by atoms with Gasteiger partial charge in [0, 0.05) is 25.7 Å². The Labute approximate surface area is 205 Å². The van der Waals surface area contributed by atoms with Crippen molar-refractivity contribution in [2.75, 3.05) is 13.1 Å². The molecule has 4 aromatic rings. The third-order valence-corrected chi connectivity index (χ3v) is 6.43. The predicted octanol–water partition coefficient (Wildman–Crippen LogP) is 3.02. The van der Waals surface area contributed by atoms with E-state index >= 15 is 0 Å². The summed E-state index contributed by atoms with van der Waals surface area (Å²) in [6.45, 7) is 2.23. The normalized spacial score (nSPS) is 15.9.